The Labute approximate surface area is 53.6 Å². The molecular formula is C6H9NO2. The van der Waals surface area contributed by atoms with Crippen molar-refractivity contribution in [3.63, 3.8) is 0 Å². The highest BCUT2D eigenvalue weighted by Crippen LogP contribution is 2.10. The van der Waals surface area contributed by atoms with E-state index in [1.807, 2.05) is 6.92 Å². The second kappa shape index (κ2) is 2.53. The summed E-state index contributed by atoms with van der Waals surface area (Å²) in [6.45, 7) is 2.01. The van der Waals surface area contributed by atoms with Gasteiger partial charge in [0.2, 0.25) is 0 Å². The molecule has 0 aromatic carbocycles. The fourth-order valence-corrected chi connectivity index (χ4v) is 0.555. The first-order valence-electron chi connectivity index (χ1n) is 2.86. The van der Waals surface area contributed by atoms with Crippen LogP contribution in [-0.4, -0.2) is 12.3 Å². The van der Waals surface area contributed by atoms with Crippen LogP contribution < -0.4 is 4.74 Å². The number of methoxy groups -OCH3 is 1. The molecule has 0 aliphatic rings. The van der Waals surface area contributed by atoms with E-state index in [4.69, 9.17) is 9.26 Å². The Hall–Kier alpha value is -0.990. The lowest BCUT2D eigenvalue weighted by Gasteiger charge is -1.83. The molecular weight excluding hydrogens is 118 g/mol. The van der Waals surface area contributed by atoms with Crippen LogP contribution in [-0.2, 0) is 6.42 Å². The molecule has 0 spiro atoms. The van der Waals surface area contributed by atoms with Gasteiger partial charge < -0.3 is 9.26 Å². The average molecular weight is 127 g/mol. The van der Waals surface area contributed by atoms with E-state index in [-0.39, 0.29) is 0 Å². The quantitative estimate of drug-likeness (QED) is 0.599. The van der Waals surface area contributed by atoms with Gasteiger partial charge in [-0.05, 0) is 6.42 Å². The number of aromatic nitrogens is 1. The topological polar surface area (TPSA) is 35.3 Å². The molecule has 0 fully saturated rings. The third-order valence-corrected chi connectivity index (χ3v) is 1.10. The standard InChI is InChI=1S/C6H9NO2/c1-3-5-4-6(8-2)9-7-5/h4H,3H2,1-2H3. The molecule has 0 N–H and O–H groups in total. The van der Waals surface area contributed by atoms with Crippen molar-refractivity contribution >= 4 is 0 Å². The summed E-state index contributed by atoms with van der Waals surface area (Å²) in [6, 6.07) is 1.78. The van der Waals surface area contributed by atoms with E-state index in [1.165, 1.54) is 0 Å². The minimum atomic E-state index is 0.479. The zero-order chi connectivity index (χ0) is 6.69. The van der Waals surface area contributed by atoms with Gasteiger partial charge in [-0.2, -0.15) is 0 Å². The molecule has 9 heavy (non-hydrogen) atoms. The lowest BCUT2D eigenvalue weighted by molar-refractivity contribution is 0.259. The van der Waals surface area contributed by atoms with Crippen molar-refractivity contribution in [3.05, 3.63) is 11.8 Å². The second-order valence-electron chi connectivity index (χ2n) is 1.69. The second-order valence-corrected chi connectivity index (χ2v) is 1.69. The molecule has 0 aliphatic heterocycles. The molecule has 0 unspecified atom stereocenters. The van der Waals surface area contributed by atoms with Gasteiger partial charge in [-0.15, -0.1) is 0 Å². The number of nitrogens with zero attached hydrogens (tertiary/aromatic N) is 1. The third kappa shape index (κ3) is 1.22. The first kappa shape index (κ1) is 6.13. The summed E-state index contributed by atoms with van der Waals surface area (Å²) in [5.74, 6) is 0.479. The molecule has 0 amide bonds. The summed E-state index contributed by atoms with van der Waals surface area (Å²) in [7, 11) is 1.56. The van der Waals surface area contributed by atoms with Crippen LogP contribution in [0.15, 0.2) is 10.6 Å². The van der Waals surface area contributed by atoms with Gasteiger partial charge in [0.15, 0.2) is 0 Å². The third-order valence-electron chi connectivity index (χ3n) is 1.10. The van der Waals surface area contributed by atoms with E-state index in [2.05, 4.69) is 5.16 Å². The molecule has 3 heteroatoms. The molecule has 1 rings (SSSR count). The van der Waals surface area contributed by atoms with Crippen LogP contribution in [0.25, 0.3) is 0 Å². The van der Waals surface area contributed by atoms with Crippen molar-refractivity contribution in [2.75, 3.05) is 7.11 Å². The van der Waals surface area contributed by atoms with Gasteiger partial charge in [-0.1, -0.05) is 12.1 Å². The Morgan fingerprint density at radius 2 is 2.56 bits per heavy atom. The normalized spacial score (nSPS) is 9.56. The Kier molecular flexibility index (Phi) is 1.72. The maximum absolute atomic E-state index is 4.77. The van der Waals surface area contributed by atoms with Crippen molar-refractivity contribution in [1.82, 2.24) is 5.16 Å². The van der Waals surface area contributed by atoms with Gasteiger partial charge in [0, 0.05) is 6.07 Å². The number of hydrogen-bond acceptors (Lipinski definition) is 3. The van der Waals surface area contributed by atoms with Gasteiger partial charge in [-0.3, -0.25) is 0 Å². The van der Waals surface area contributed by atoms with E-state index in [0.717, 1.165) is 12.1 Å². The lowest BCUT2D eigenvalue weighted by Crippen LogP contribution is -1.76. The first-order valence-corrected chi connectivity index (χ1v) is 2.86. The number of ether oxygens (including phenoxy) is 1. The highest BCUT2D eigenvalue weighted by atomic mass is 16.6. The zero-order valence-electron chi connectivity index (χ0n) is 5.55. The average Bonchev–Trinajstić information content (AvgIpc) is 2.34. The summed E-state index contributed by atoms with van der Waals surface area (Å²) < 4.78 is 9.50. The Morgan fingerprint density at radius 1 is 1.78 bits per heavy atom. The Bertz CT molecular complexity index is 164. The van der Waals surface area contributed by atoms with Gasteiger partial charge in [0.25, 0.3) is 0 Å². The van der Waals surface area contributed by atoms with Crippen molar-refractivity contribution in [1.29, 1.82) is 0 Å². The van der Waals surface area contributed by atoms with Gasteiger partial charge in [-0.25, -0.2) is 0 Å². The van der Waals surface area contributed by atoms with Crippen molar-refractivity contribution < 1.29 is 9.26 Å². The van der Waals surface area contributed by atoms with Crippen LogP contribution in [0.3, 0.4) is 0 Å². The van der Waals surface area contributed by atoms with E-state index >= 15 is 0 Å². The van der Waals surface area contributed by atoms with Crippen LogP contribution in [0.4, 0.5) is 0 Å². The van der Waals surface area contributed by atoms with Gasteiger partial charge in [0.1, 0.15) is 0 Å². The maximum atomic E-state index is 4.77. The van der Waals surface area contributed by atoms with E-state index in [0.29, 0.717) is 5.95 Å². The van der Waals surface area contributed by atoms with Crippen molar-refractivity contribution in [2.45, 2.75) is 13.3 Å². The van der Waals surface area contributed by atoms with E-state index in [9.17, 15) is 0 Å². The van der Waals surface area contributed by atoms with Gasteiger partial charge >= 0.3 is 5.95 Å². The fourth-order valence-electron chi connectivity index (χ4n) is 0.555. The molecule has 50 valence electrons. The van der Waals surface area contributed by atoms with Crippen LogP contribution in [0.1, 0.15) is 12.6 Å². The van der Waals surface area contributed by atoms with Crippen LogP contribution >= 0.6 is 0 Å². The fraction of sp³-hybridized carbons (Fsp3) is 0.500. The highest BCUT2D eigenvalue weighted by Gasteiger charge is 1.98. The molecule has 1 aromatic heterocycles. The van der Waals surface area contributed by atoms with Crippen molar-refractivity contribution in [2.24, 2.45) is 0 Å². The first-order chi connectivity index (χ1) is 4.36. The molecule has 0 saturated carbocycles. The molecule has 1 heterocycles. The molecule has 1 aromatic rings. The summed E-state index contributed by atoms with van der Waals surface area (Å²) in [6.07, 6.45) is 0.882. The Morgan fingerprint density at radius 3 is 2.89 bits per heavy atom. The summed E-state index contributed by atoms with van der Waals surface area (Å²) in [4.78, 5) is 0. The number of aryl methyl sites for hydroxylation is 1. The van der Waals surface area contributed by atoms with E-state index in [1.54, 1.807) is 13.2 Å². The number of rotatable bonds is 2. The molecule has 0 atom stereocenters. The molecule has 0 aliphatic carbocycles. The van der Waals surface area contributed by atoms with Crippen molar-refractivity contribution in [3.8, 4) is 5.95 Å². The maximum Gasteiger partial charge on any atom is 0.311 e. The lowest BCUT2D eigenvalue weighted by atomic mass is 10.3. The zero-order valence-corrected chi connectivity index (χ0v) is 5.55. The summed E-state index contributed by atoms with van der Waals surface area (Å²) in [5, 5.41) is 3.71. The monoisotopic (exact) mass is 127 g/mol. The highest BCUT2D eigenvalue weighted by molar-refractivity contribution is 5.09. The molecule has 3 nitrogen and oxygen atoms in total. The predicted octanol–water partition coefficient (Wildman–Crippen LogP) is 1.25. The summed E-state index contributed by atoms with van der Waals surface area (Å²) >= 11 is 0. The molecule has 0 radical (unpaired) electrons. The predicted molar refractivity (Wildman–Crippen MR) is 32.4 cm³/mol. The van der Waals surface area contributed by atoms with E-state index < -0.39 is 0 Å². The van der Waals surface area contributed by atoms with Crippen LogP contribution in [0.5, 0.6) is 5.95 Å². The summed E-state index contributed by atoms with van der Waals surface area (Å²) in [5.41, 5.74) is 0.923. The molecule has 0 bridgehead atoms. The largest absolute Gasteiger partial charge is 0.467 e. The van der Waals surface area contributed by atoms with Gasteiger partial charge in [0.05, 0.1) is 12.8 Å². The number of hydrogen-bond donors (Lipinski definition) is 0. The van der Waals surface area contributed by atoms with Crippen LogP contribution in [0, 0.1) is 0 Å². The smallest absolute Gasteiger partial charge is 0.311 e. The minimum absolute atomic E-state index is 0.479. The molecule has 0 saturated heterocycles. The van der Waals surface area contributed by atoms with Crippen LogP contribution in [0.2, 0.25) is 0 Å². The Balaban J connectivity index is 2.74. The minimum Gasteiger partial charge on any atom is -0.467 e. The SMILES string of the molecule is CCc1cc(OC)on1.